The minimum atomic E-state index is -0.0708. The SMILES string of the molecule is O=C(Nc1cccnc1NC(=O)C1CCOCC1)C1CCOCC1. The molecule has 0 aromatic carbocycles. The second kappa shape index (κ2) is 8.21. The highest BCUT2D eigenvalue weighted by Gasteiger charge is 2.25. The van der Waals surface area contributed by atoms with Crippen LogP contribution in [0.2, 0.25) is 0 Å². The largest absolute Gasteiger partial charge is 0.381 e. The summed E-state index contributed by atoms with van der Waals surface area (Å²) in [6.45, 7) is 2.43. The predicted molar refractivity (Wildman–Crippen MR) is 88.6 cm³/mol. The molecule has 7 heteroatoms. The summed E-state index contributed by atoms with van der Waals surface area (Å²) in [5.74, 6) is 0.152. The lowest BCUT2D eigenvalue weighted by Crippen LogP contribution is -2.31. The maximum absolute atomic E-state index is 12.4. The molecular formula is C17H23N3O4. The number of rotatable bonds is 4. The van der Waals surface area contributed by atoms with E-state index in [0.29, 0.717) is 50.8 Å². The minimum Gasteiger partial charge on any atom is -0.381 e. The van der Waals surface area contributed by atoms with Gasteiger partial charge in [-0.05, 0) is 37.8 Å². The first-order valence-corrected chi connectivity index (χ1v) is 8.46. The van der Waals surface area contributed by atoms with Gasteiger partial charge < -0.3 is 20.1 Å². The smallest absolute Gasteiger partial charge is 0.228 e. The van der Waals surface area contributed by atoms with E-state index in [1.54, 1.807) is 18.3 Å². The van der Waals surface area contributed by atoms with E-state index in [1.165, 1.54) is 0 Å². The highest BCUT2D eigenvalue weighted by molar-refractivity contribution is 5.99. The van der Waals surface area contributed by atoms with E-state index in [4.69, 9.17) is 9.47 Å². The van der Waals surface area contributed by atoms with Gasteiger partial charge in [-0.15, -0.1) is 0 Å². The lowest BCUT2D eigenvalue weighted by atomic mass is 9.99. The number of nitrogens with zero attached hydrogens (tertiary/aromatic N) is 1. The third-order valence-electron chi connectivity index (χ3n) is 4.49. The molecule has 3 heterocycles. The summed E-state index contributed by atoms with van der Waals surface area (Å²) in [5, 5.41) is 5.74. The van der Waals surface area contributed by atoms with Crippen LogP contribution in [-0.2, 0) is 19.1 Å². The highest BCUT2D eigenvalue weighted by atomic mass is 16.5. The Labute approximate surface area is 141 Å². The number of anilines is 2. The molecule has 2 amide bonds. The van der Waals surface area contributed by atoms with Gasteiger partial charge in [0, 0.05) is 44.5 Å². The summed E-state index contributed by atoms with van der Waals surface area (Å²) < 4.78 is 10.6. The van der Waals surface area contributed by atoms with Crippen molar-refractivity contribution in [1.29, 1.82) is 0 Å². The molecule has 2 fully saturated rings. The van der Waals surface area contributed by atoms with Crippen molar-refractivity contribution in [1.82, 2.24) is 4.98 Å². The van der Waals surface area contributed by atoms with Crippen LogP contribution >= 0.6 is 0 Å². The molecule has 7 nitrogen and oxygen atoms in total. The number of hydrogen-bond acceptors (Lipinski definition) is 5. The van der Waals surface area contributed by atoms with E-state index in [9.17, 15) is 9.59 Å². The molecule has 24 heavy (non-hydrogen) atoms. The van der Waals surface area contributed by atoms with E-state index in [0.717, 1.165) is 12.8 Å². The third-order valence-corrected chi connectivity index (χ3v) is 4.49. The van der Waals surface area contributed by atoms with E-state index in [1.807, 2.05) is 0 Å². The van der Waals surface area contributed by atoms with Crippen LogP contribution in [-0.4, -0.2) is 43.2 Å². The lowest BCUT2D eigenvalue weighted by Gasteiger charge is -2.23. The number of nitrogens with one attached hydrogen (secondary N) is 2. The number of carbonyl (C=O) groups excluding carboxylic acids is 2. The van der Waals surface area contributed by atoms with Crippen LogP contribution in [0.5, 0.6) is 0 Å². The Morgan fingerprint density at radius 2 is 1.46 bits per heavy atom. The maximum atomic E-state index is 12.4. The van der Waals surface area contributed by atoms with Crippen molar-refractivity contribution in [3.8, 4) is 0 Å². The van der Waals surface area contributed by atoms with E-state index in [2.05, 4.69) is 15.6 Å². The molecule has 2 aliphatic heterocycles. The quantitative estimate of drug-likeness (QED) is 0.877. The highest BCUT2D eigenvalue weighted by Crippen LogP contribution is 2.24. The minimum absolute atomic E-state index is 0.0483. The molecular weight excluding hydrogens is 310 g/mol. The van der Waals surface area contributed by atoms with Crippen LogP contribution in [0.15, 0.2) is 18.3 Å². The van der Waals surface area contributed by atoms with E-state index < -0.39 is 0 Å². The molecule has 1 aromatic heterocycles. The van der Waals surface area contributed by atoms with Crippen LogP contribution < -0.4 is 10.6 Å². The molecule has 0 unspecified atom stereocenters. The van der Waals surface area contributed by atoms with Crippen molar-refractivity contribution >= 4 is 23.3 Å². The van der Waals surface area contributed by atoms with Gasteiger partial charge in [0.25, 0.3) is 0 Å². The average molecular weight is 333 g/mol. The molecule has 2 N–H and O–H groups in total. The van der Waals surface area contributed by atoms with Crippen molar-refractivity contribution in [3.05, 3.63) is 18.3 Å². The zero-order valence-corrected chi connectivity index (χ0v) is 13.6. The second-order valence-corrected chi connectivity index (χ2v) is 6.15. The van der Waals surface area contributed by atoms with Crippen molar-refractivity contribution in [2.45, 2.75) is 25.7 Å². The zero-order valence-electron chi connectivity index (χ0n) is 13.6. The number of amides is 2. The van der Waals surface area contributed by atoms with Gasteiger partial charge in [0.1, 0.15) is 0 Å². The average Bonchev–Trinajstić information content (AvgIpc) is 2.64. The molecule has 0 spiro atoms. The first-order valence-electron chi connectivity index (χ1n) is 8.46. The molecule has 3 rings (SSSR count). The van der Waals surface area contributed by atoms with Gasteiger partial charge in [0.05, 0.1) is 5.69 Å². The molecule has 2 saturated heterocycles. The lowest BCUT2D eigenvalue weighted by molar-refractivity contribution is -0.123. The maximum Gasteiger partial charge on any atom is 0.228 e. The molecule has 0 saturated carbocycles. The topological polar surface area (TPSA) is 89.6 Å². The summed E-state index contributed by atoms with van der Waals surface area (Å²) in [4.78, 5) is 29.0. The van der Waals surface area contributed by atoms with Gasteiger partial charge in [0.2, 0.25) is 11.8 Å². The monoisotopic (exact) mass is 333 g/mol. The Hall–Kier alpha value is -1.99. The van der Waals surface area contributed by atoms with E-state index >= 15 is 0 Å². The molecule has 2 aliphatic rings. The Kier molecular flexibility index (Phi) is 5.77. The van der Waals surface area contributed by atoms with Crippen LogP contribution in [0.4, 0.5) is 11.5 Å². The molecule has 0 radical (unpaired) electrons. The van der Waals surface area contributed by atoms with Gasteiger partial charge in [-0.1, -0.05) is 0 Å². The fourth-order valence-corrected chi connectivity index (χ4v) is 2.98. The number of hydrogen-bond donors (Lipinski definition) is 2. The van der Waals surface area contributed by atoms with E-state index in [-0.39, 0.29) is 23.7 Å². The van der Waals surface area contributed by atoms with Gasteiger partial charge in [-0.3, -0.25) is 9.59 Å². The molecule has 0 bridgehead atoms. The predicted octanol–water partition coefficient (Wildman–Crippen LogP) is 1.81. The third kappa shape index (κ3) is 4.30. The Morgan fingerprint density at radius 1 is 0.917 bits per heavy atom. The van der Waals surface area contributed by atoms with Gasteiger partial charge in [-0.25, -0.2) is 4.98 Å². The summed E-state index contributed by atoms with van der Waals surface area (Å²) in [6, 6.07) is 3.49. The van der Waals surface area contributed by atoms with Crippen LogP contribution in [0, 0.1) is 11.8 Å². The second-order valence-electron chi connectivity index (χ2n) is 6.15. The van der Waals surface area contributed by atoms with Gasteiger partial charge >= 0.3 is 0 Å². The number of carbonyl (C=O) groups is 2. The van der Waals surface area contributed by atoms with Crippen LogP contribution in [0.3, 0.4) is 0 Å². The van der Waals surface area contributed by atoms with Crippen molar-refractivity contribution < 1.29 is 19.1 Å². The standard InChI is InChI=1S/C17H23N3O4/c21-16(12-3-8-23-9-4-12)19-14-2-1-7-18-15(14)20-17(22)13-5-10-24-11-6-13/h1-2,7,12-13H,3-6,8-11H2,(H,19,21)(H,18,20,22). The normalized spacial score (nSPS) is 19.7. The summed E-state index contributed by atoms with van der Waals surface area (Å²) in [7, 11) is 0. The number of pyridine rings is 1. The molecule has 0 atom stereocenters. The van der Waals surface area contributed by atoms with Crippen LogP contribution in [0.1, 0.15) is 25.7 Å². The Morgan fingerprint density at radius 3 is 2.04 bits per heavy atom. The van der Waals surface area contributed by atoms with Crippen molar-refractivity contribution in [2.75, 3.05) is 37.1 Å². The molecule has 0 aliphatic carbocycles. The summed E-state index contributed by atoms with van der Waals surface area (Å²) in [6.07, 6.45) is 4.46. The first kappa shape index (κ1) is 16.9. The van der Waals surface area contributed by atoms with Crippen molar-refractivity contribution in [2.24, 2.45) is 11.8 Å². The fourth-order valence-electron chi connectivity index (χ4n) is 2.98. The number of aromatic nitrogens is 1. The number of ether oxygens (including phenoxy) is 2. The Balaban J connectivity index is 1.63. The van der Waals surface area contributed by atoms with Crippen LogP contribution in [0.25, 0.3) is 0 Å². The molecule has 130 valence electrons. The fraction of sp³-hybridized carbons (Fsp3) is 0.588. The molecule has 1 aromatic rings. The van der Waals surface area contributed by atoms with Gasteiger partial charge in [-0.2, -0.15) is 0 Å². The van der Waals surface area contributed by atoms with Gasteiger partial charge in [0.15, 0.2) is 5.82 Å². The first-order chi connectivity index (χ1) is 11.7. The zero-order chi connectivity index (χ0) is 16.8. The van der Waals surface area contributed by atoms with Crippen molar-refractivity contribution in [3.63, 3.8) is 0 Å². The summed E-state index contributed by atoms with van der Waals surface area (Å²) in [5.41, 5.74) is 0.536. The Bertz CT molecular complexity index is 530. The summed E-state index contributed by atoms with van der Waals surface area (Å²) >= 11 is 0.